The van der Waals surface area contributed by atoms with E-state index in [2.05, 4.69) is 30.9 Å². The molecule has 0 radical (unpaired) electrons. The number of aromatic nitrogens is 2. The molecule has 2 heterocycles. The number of ether oxygens (including phenoxy) is 1. The Balaban J connectivity index is 2.39. The van der Waals surface area contributed by atoms with Crippen LogP contribution in [-0.4, -0.2) is 27.6 Å². The number of nitrogens with one attached hydrogen (secondary N) is 1. The summed E-state index contributed by atoms with van der Waals surface area (Å²) in [5, 5.41) is 3.62. The monoisotopic (exact) mass is 375 g/mol. The molecule has 0 bridgehead atoms. The highest BCUT2D eigenvalue weighted by Crippen LogP contribution is 2.30. The van der Waals surface area contributed by atoms with Crippen molar-refractivity contribution in [3.05, 3.63) is 48.0 Å². The zero-order chi connectivity index (χ0) is 15.4. The van der Waals surface area contributed by atoms with Gasteiger partial charge in [0, 0.05) is 23.4 Å². The van der Waals surface area contributed by atoms with Crippen LogP contribution in [0.2, 0.25) is 0 Å². The molecule has 3 atom stereocenters. The van der Waals surface area contributed by atoms with Gasteiger partial charge in [0.2, 0.25) is 0 Å². The van der Waals surface area contributed by atoms with Crippen molar-refractivity contribution >= 4 is 33.6 Å². The van der Waals surface area contributed by atoms with Crippen LogP contribution in [0.1, 0.15) is 18.2 Å². The Morgan fingerprint density at radius 3 is 3.05 bits per heavy atom. The lowest BCUT2D eigenvalue weighted by molar-refractivity contribution is 0.00765. The van der Waals surface area contributed by atoms with Gasteiger partial charge in [0.05, 0.1) is 17.7 Å². The van der Waals surface area contributed by atoms with Crippen LogP contribution in [0.5, 0.6) is 0 Å². The summed E-state index contributed by atoms with van der Waals surface area (Å²) in [6.07, 6.45) is 2.10. The van der Waals surface area contributed by atoms with Crippen molar-refractivity contribution in [2.45, 2.75) is 24.8 Å². The first-order valence-corrected chi connectivity index (χ1v) is 7.43. The topological polar surface area (TPSA) is 113 Å². The van der Waals surface area contributed by atoms with Gasteiger partial charge in [-0.2, -0.15) is 0 Å². The molecule has 1 aliphatic rings. The van der Waals surface area contributed by atoms with E-state index in [9.17, 15) is 9.59 Å². The molecule has 0 aliphatic carbocycles. The van der Waals surface area contributed by atoms with Crippen LogP contribution >= 0.6 is 27.5 Å². The molecule has 1 N–H and O–H groups in total. The molecule has 0 amide bonds. The van der Waals surface area contributed by atoms with E-state index in [0.717, 1.165) is 0 Å². The van der Waals surface area contributed by atoms with E-state index in [1.807, 2.05) is 0 Å². The molecule has 1 aromatic rings. The first-order valence-electron chi connectivity index (χ1n) is 5.98. The van der Waals surface area contributed by atoms with E-state index in [4.69, 9.17) is 21.9 Å². The lowest BCUT2D eigenvalue weighted by Crippen LogP contribution is -2.33. The molecule has 1 saturated heterocycles. The van der Waals surface area contributed by atoms with Crippen LogP contribution in [0.15, 0.2) is 25.9 Å². The third-order valence-electron chi connectivity index (χ3n) is 3.10. The van der Waals surface area contributed by atoms with Crippen LogP contribution in [-0.2, 0) is 4.74 Å². The maximum atomic E-state index is 11.9. The third kappa shape index (κ3) is 3.38. The van der Waals surface area contributed by atoms with Gasteiger partial charge in [-0.25, -0.2) is 4.79 Å². The van der Waals surface area contributed by atoms with Crippen molar-refractivity contribution in [2.24, 2.45) is 5.11 Å². The van der Waals surface area contributed by atoms with Crippen LogP contribution < -0.4 is 11.2 Å². The molecule has 1 aromatic heterocycles. The summed E-state index contributed by atoms with van der Waals surface area (Å²) in [7, 11) is 0. The maximum absolute atomic E-state index is 11.9. The molecule has 0 saturated carbocycles. The van der Waals surface area contributed by atoms with E-state index in [1.54, 1.807) is 0 Å². The van der Waals surface area contributed by atoms with Gasteiger partial charge in [0.1, 0.15) is 6.23 Å². The highest BCUT2D eigenvalue weighted by Gasteiger charge is 2.35. The van der Waals surface area contributed by atoms with Crippen LogP contribution in [0.25, 0.3) is 16.5 Å². The molecule has 0 unspecified atom stereocenters. The van der Waals surface area contributed by atoms with Crippen LogP contribution in [0.4, 0.5) is 0 Å². The Labute approximate surface area is 132 Å². The molecule has 21 heavy (non-hydrogen) atoms. The van der Waals surface area contributed by atoms with Gasteiger partial charge in [-0.05, 0) is 16.6 Å². The average Bonchev–Trinajstić information content (AvgIpc) is 2.85. The molecule has 1 aliphatic heterocycles. The molecule has 0 aromatic carbocycles. The van der Waals surface area contributed by atoms with E-state index in [0.29, 0.717) is 12.0 Å². The molecule has 112 valence electrons. The summed E-state index contributed by atoms with van der Waals surface area (Å²) in [5.74, 6) is 0.145. The van der Waals surface area contributed by atoms with E-state index < -0.39 is 29.6 Å². The number of aromatic amines is 1. The predicted octanol–water partition coefficient (Wildman–Crippen LogP) is 2.11. The maximum Gasteiger partial charge on any atom is 0.330 e. The standard InChI is InChI=1S/C11H11BrClN5O3/c12-2-1-6-5-18(11(20)15-10(6)19)9-3-7(16-17-14)8(4-13)21-9/h1-2,5,7-9H,3-4H2,(H,15,19,20)/t7-,8+,9+/m0/s1. The second-order valence-electron chi connectivity index (χ2n) is 4.34. The zero-order valence-corrected chi connectivity index (χ0v) is 13.0. The smallest absolute Gasteiger partial charge is 0.330 e. The Bertz CT molecular complexity index is 709. The van der Waals surface area contributed by atoms with Crippen molar-refractivity contribution in [1.29, 1.82) is 0 Å². The van der Waals surface area contributed by atoms with Gasteiger partial charge in [-0.15, -0.1) is 11.6 Å². The van der Waals surface area contributed by atoms with E-state index >= 15 is 0 Å². The fourth-order valence-corrected chi connectivity index (χ4v) is 2.68. The Morgan fingerprint density at radius 1 is 1.67 bits per heavy atom. The fourth-order valence-electron chi connectivity index (χ4n) is 2.11. The Hall–Kier alpha value is -1.54. The SMILES string of the molecule is [N-]=[N+]=N[C@H]1C[C@H](n2cc(C=CBr)c(=O)[nH]c2=O)O[C@@H]1CCl. The van der Waals surface area contributed by atoms with E-state index in [1.165, 1.54) is 21.8 Å². The summed E-state index contributed by atoms with van der Waals surface area (Å²) in [6, 6.07) is -0.452. The number of hydrogen-bond acceptors (Lipinski definition) is 4. The average molecular weight is 377 g/mol. The summed E-state index contributed by atoms with van der Waals surface area (Å²) in [4.78, 5) is 30.0. The van der Waals surface area contributed by atoms with Crippen LogP contribution in [0, 0.1) is 0 Å². The minimum Gasteiger partial charge on any atom is -0.353 e. The van der Waals surface area contributed by atoms with Crippen LogP contribution in [0.3, 0.4) is 0 Å². The van der Waals surface area contributed by atoms with Crippen molar-refractivity contribution in [3.63, 3.8) is 0 Å². The minimum absolute atomic E-state index is 0.145. The van der Waals surface area contributed by atoms with Crippen molar-refractivity contribution in [3.8, 4) is 0 Å². The number of halogens is 2. The zero-order valence-electron chi connectivity index (χ0n) is 10.6. The van der Waals surface area contributed by atoms with Gasteiger partial charge in [-0.3, -0.25) is 14.3 Å². The highest BCUT2D eigenvalue weighted by molar-refractivity contribution is 9.11. The summed E-state index contributed by atoms with van der Waals surface area (Å²) in [6.45, 7) is 0. The van der Waals surface area contributed by atoms with Gasteiger partial charge in [0.25, 0.3) is 5.56 Å². The molecule has 1 fully saturated rings. The summed E-state index contributed by atoms with van der Waals surface area (Å²) < 4.78 is 6.88. The lowest BCUT2D eigenvalue weighted by atomic mass is 10.1. The fraction of sp³-hybridized carbons (Fsp3) is 0.455. The minimum atomic E-state index is -0.643. The molecule has 2 rings (SSSR count). The number of H-pyrrole nitrogens is 1. The summed E-state index contributed by atoms with van der Waals surface area (Å²) >= 11 is 8.84. The normalized spacial score (nSPS) is 25.1. The van der Waals surface area contributed by atoms with Crippen molar-refractivity contribution < 1.29 is 4.74 Å². The first-order chi connectivity index (χ1) is 10.1. The molecule has 10 heteroatoms. The molecule has 8 nitrogen and oxygen atoms in total. The number of alkyl halides is 1. The summed E-state index contributed by atoms with van der Waals surface area (Å²) in [5.41, 5.74) is 7.74. The number of nitrogens with zero attached hydrogens (tertiary/aromatic N) is 4. The third-order valence-corrected chi connectivity index (χ3v) is 3.67. The quantitative estimate of drug-likeness (QED) is 0.376. The van der Waals surface area contributed by atoms with Crippen molar-refractivity contribution in [2.75, 3.05) is 5.88 Å². The first kappa shape index (κ1) is 15.8. The molecule has 0 spiro atoms. The second-order valence-corrected chi connectivity index (χ2v) is 5.17. The van der Waals surface area contributed by atoms with Gasteiger partial charge in [0.15, 0.2) is 0 Å². The molecular formula is C11H11BrClN5O3. The largest absolute Gasteiger partial charge is 0.353 e. The Kier molecular flexibility index (Phi) is 5.24. The second kappa shape index (κ2) is 6.95. The number of rotatable bonds is 4. The number of azide groups is 1. The highest BCUT2D eigenvalue weighted by atomic mass is 79.9. The predicted molar refractivity (Wildman–Crippen MR) is 81.5 cm³/mol. The number of hydrogen-bond donors (Lipinski definition) is 1. The van der Waals surface area contributed by atoms with Crippen molar-refractivity contribution in [1.82, 2.24) is 9.55 Å². The van der Waals surface area contributed by atoms with Gasteiger partial charge < -0.3 is 4.74 Å². The van der Waals surface area contributed by atoms with E-state index in [-0.39, 0.29) is 5.88 Å². The van der Waals surface area contributed by atoms with Gasteiger partial charge >= 0.3 is 5.69 Å². The molecular weight excluding hydrogens is 366 g/mol. The lowest BCUT2D eigenvalue weighted by Gasteiger charge is -2.14. The Morgan fingerprint density at radius 2 is 2.43 bits per heavy atom. The van der Waals surface area contributed by atoms with Gasteiger partial charge in [-0.1, -0.05) is 21.0 Å².